The van der Waals surface area contributed by atoms with Crippen molar-refractivity contribution < 1.29 is 4.79 Å². The molecule has 0 atom stereocenters. The molecule has 0 radical (unpaired) electrons. The molecule has 3 N–H and O–H groups in total. The zero-order valence-electron chi connectivity index (χ0n) is 8.80. The first kappa shape index (κ1) is 13.3. The Bertz CT molecular complexity index is 369. The molecule has 0 unspecified atom stereocenters. The third kappa shape index (κ3) is 4.84. The molecule has 0 heterocycles. The van der Waals surface area contributed by atoms with Gasteiger partial charge in [-0.05, 0) is 30.7 Å². The van der Waals surface area contributed by atoms with E-state index >= 15 is 0 Å². The Balaban J connectivity index is 2.27. The minimum atomic E-state index is -0.267. The van der Waals surface area contributed by atoms with Gasteiger partial charge >= 0.3 is 0 Å². The second-order valence-electron chi connectivity index (χ2n) is 3.50. The number of nitrogens with two attached hydrogens (primary N) is 1. The van der Waals surface area contributed by atoms with Gasteiger partial charge in [0.25, 0.3) is 0 Å². The summed E-state index contributed by atoms with van der Waals surface area (Å²) in [6.45, 7) is 1.46. The summed E-state index contributed by atoms with van der Waals surface area (Å²) in [6, 6.07) is 5.50. The lowest BCUT2D eigenvalue weighted by atomic mass is 10.2. The van der Waals surface area contributed by atoms with Crippen LogP contribution < -0.4 is 11.1 Å². The fourth-order valence-corrected chi connectivity index (χ4v) is 1.59. The Hall–Kier alpha value is -0.770. The first-order valence-corrected chi connectivity index (χ1v) is 5.78. The maximum Gasteiger partial charge on any atom is 0.217 e. The Morgan fingerprint density at radius 3 is 2.69 bits per heavy atom. The molecule has 0 saturated carbocycles. The number of rotatable bonds is 6. The number of halogens is 2. The fraction of sp³-hybridized carbons (Fsp3) is 0.364. The zero-order valence-corrected chi connectivity index (χ0v) is 10.3. The van der Waals surface area contributed by atoms with Crippen molar-refractivity contribution in [2.75, 3.05) is 6.54 Å². The van der Waals surface area contributed by atoms with E-state index in [1.807, 2.05) is 12.1 Å². The molecule has 1 aromatic carbocycles. The average molecular weight is 261 g/mol. The van der Waals surface area contributed by atoms with E-state index in [9.17, 15) is 4.79 Å². The highest BCUT2D eigenvalue weighted by Gasteiger charge is 1.99. The van der Waals surface area contributed by atoms with Gasteiger partial charge in [-0.25, -0.2) is 0 Å². The summed E-state index contributed by atoms with van der Waals surface area (Å²) >= 11 is 11.7. The van der Waals surface area contributed by atoms with E-state index in [2.05, 4.69) is 5.32 Å². The predicted molar refractivity (Wildman–Crippen MR) is 66.6 cm³/mol. The van der Waals surface area contributed by atoms with Gasteiger partial charge in [-0.3, -0.25) is 4.79 Å². The largest absolute Gasteiger partial charge is 0.370 e. The van der Waals surface area contributed by atoms with Crippen LogP contribution in [0, 0.1) is 0 Å². The van der Waals surface area contributed by atoms with E-state index in [0.29, 0.717) is 23.0 Å². The minimum absolute atomic E-state index is 0.267. The van der Waals surface area contributed by atoms with Crippen LogP contribution in [-0.2, 0) is 11.3 Å². The Kier molecular flexibility index (Phi) is 5.60. The van der Waals surface area contributed by atoms with Crippen molar-refractivity contribution in [3.8, 4) is 0 Å². The van der Waals surface area contributed by atoms with Crippen molar-refractivity contribution in [3.63, 3.8) is 0 Å². The summed E-state index contributed by atoms with van der Waals surface area (Å²) in [4.78, 5) is 10.5. The number of nitrogens with one attached hydrogen (secondary N) is 1. The SMILES string of the molecule is NC(=O)CCCNCc1ccc(Cl)c(Cl)c1. The van der Waals surface area contributed by atoms with Crippen LogP contribution in [0.1, 0.15) is 18.4 Å². The Morgan fingerprint density at radius 2 is 2.06 bits per heavy atom. The molecule has 0 spiro atoms. The van der Waals surface area contributed by atoms with Crippen molar-refractivity contribution >= 4 is 29.1 Å². The molecule has 0 aliphatic carbocycles. The van der Waals surface area contributed by atoms with Crippen molar-refractivity contribution in [2.24, 2.45) is 5.73 Å². The third-order valence-corrected chi connectivity index (χ3v) is 2.83. The quantitative estimate of drug-likeness (QED) is 0.772. The number of hydrogen-bond donors (Lipinski definition) is 2. The highest BCUT2D eigenvalue weighted by molar-refractivity contribution is 6.42. The molecule has 0 bridgehead atoms. The molecule has 0 fully saturated rings. The lowest BCUT2D eigenvalue weighted by molar-refractivity contribution is -0.118. The summed E-state index contributed by atoms with van der Waals surface area (Å²) in [6.07, 6.45) is 1.16. The molecule has 5 heteroatoms. The number of carbonyl (C=O) groups excluding carboxylic acids is 1. The molecule has 16 heavy (non-hydrogen) atoms. The molecular weight excluding hydrogens is 247 g/mol. The van der Waals surface area contributed by atoms with Crippen LogP contribution in [0.15, 0.2) is 18.2 Å². The molecule has 3 nitrogen and oxygen atoms in total. The van der Waals surface area contributed by atoms with Crippen LogP contribution in [0.2, 0.25) is 10.0 Å². The van der Waals surface area contributed by atoms with E-state index in [-0.39, 0.29) is 5.91 Å². The maximum absolute atomic E-state index is 10.5. The monoisotopic (exact) mass is 260 g/mol. The van der Waals surface area contributed by atoms with Gasteiger partial charge in [0.05, 0.1) is 10.0 Å². The van der Waals surface area contributed by atoms with Crippen molar-refractivity contribution in [1.29, 1.82) is 0 Å². The van der Waals surface area contributed by atoms with Crippen molar-refractivity contribution in [2.45, 2.75) is 19.4 Å². The Labute approximate surface area is 105 Å². The maximum atomic E-state index is 10.5. The lowest BCUT2D eigenvalue weighted by Crippen LogP contribution is -2.18. The van der Waals surface area contributed by atoms with Gasteiger partial charge in [-0.2, -0.15) is 0 Å². The van der Waals surface area contributed by atoms with E-state index in [0.717, 1.165) is 18.5 Å². The van der Waals surface area contributed by atoms with Gasteiger partial charge in [-0.1, -0.05) is 29.3 Å². The highest BCUT2D eigenvalue weighted by atomic mass is 35.5. The van der Waals surface area contributed by atoms with E-state index in [4.69, 9.17) is 28.9 Å². The molecular formula is C11H14Cl2N2O. The van der Waals surface area contributed by atoms with Crippen LogP contribution in [0.25, 0.3) is 0 Å². The topological polar surface area (TPSA) is 55.1 Å². The standard InChI is InChI=1S/C11H14Cl2N2O/c12-9-4-3-8(6-10(9)13)7-15-5-1-2-11(14)16/h3-4,6,15H,1-2,5,7H2,(H2,14,16). The molecule has 0 aliphatic rings. The first-order chi connectivity index (χ1) is 7.59. The predicted octanol–water partition coefficient (Wildman–Crippen LogP) is 2.35. The summed E-state index contributed by atoms with van der Waals surface area (Å²) in [5.74, 6) is -0.267. The van der Waals surface area contributed by atoms with E-state index < -0.39 is 0 Å². The number of benzene rings is 1. The second kappa shape index (κ2) is 6.74. The number of primary amides is 1. The molecule has 1 amide bonds. The van der Waals surface area contributed by atoms with Gasteiger partial charge in [0, 0.05) is 13.0 Å². The minimum Gasteiger partial charge on any atom is -0.370 e. The van der Waals surface area contributed by atoms with E-state index in [1.54, 1.807) is 6.07 Å². The zero-order chi connectivity index (χ0) is 12.0. The van der Waals surface area contributed by atoms with Gasteiger partial charge in [0.1, 0.15) is 0 Å². The number of hydrogen-bond acceptors (Lipinski definition) is 2. The van der Waals surface area contributed by atoms with Crippen LogP contribution in [0.5, 0.6) is 0 Å². The molecule has 0 aromatic heterocycles. The average Bonchev–Trinajstić information content (AvgIpc) is 2.22. The Morgan fingerprint density at radius 1 is 1.31 bits per heavy atom. The molecule has 1 aromatic rings. The smallest absolute Gasteiger partial charge is 0.217 e. The van der Waals surface area contributed by atoms with Gasteiger partial charge in [-0.15, -0.1) is 0 Å². The van der Waals surface area contributed by atoms with Crippen LogP contribution in [0.3, 0.4) is 0 Å². The van der Waals surface area contributed by atoms with Crippen molar-refractivity contribution in [1.82, 2.24) is 5.32 Å². The van der Waals surface area contributed by atoms with Gasteiger partial charge < -0.3 is 11.1 Å². The lowest BCUT2D eigenvalue weighted by Gasteiger charge is -2.05. The van der Waals surface area contributed by atoms with Crippen LogP contribution in [0.4, 0.5) is 0 Å². The summed E-state index contributed by atoms with van der Waals surface area (Å²) in [5.41, 5.74) is 6.09. The van der Waals surface area contributed by atoms with Gasteiger partial charge in [0.15, 0.2) is 0 Å². The van der Waals surface area contributed by atoms with E-state index in [1.165, 1.54) is 0 Å². The summed E-state index contributed by atoms with van der Waals surface area (Å²) in [7, 11) is 0. The van der Waals surface area contributed by atoms with Gasteiger partial charge in [0.2, 0.25) is 5.91 Å². The highest BCUT2D eigenvalue weighted by Crippen LogP contribution is 2.22. The number of amides is 1. The van der Waals surface area contributed by atoms with Crippen LogP contribution >= 0.6 is 23.2 Å². The van der Waals surface area contributed by atoms with Crippen LogP contribution in [-0.4, -0.2) is 12.5 Å². The fourth-order valence-electron chi connectivity index (χ4n) is 1.27. The molecule has 1 rings (SSSR count). The van der Waals surface area contributed by atoms with Crippen molar-refractivity contribution in [3.05, 3.63) is 33.8 Å². The molecule has 0 saturated heterocycles. The summed E-state index contributed by atoms with van der Waals surface area (Å²) < 4.78 is 0. The molecule has 88 valence electrons. The second-order valence-corrected chi connectivity index (χ2v) is 4.31. The summed E-state index contributed by atoms with van der Waals surface area (Å²) in [5, 5.41) is 4.30. The normalized spacial score (nSPS) is 10.4. The third-order valence-electron chi connectivity index (χ3n) is 2.09. The first-order valence-electron chi connectivity index (χ1n) is 5.02. The molecule has 0 aliphatic heterocycles. The number of carbonyl (C=O) groups is 1.